The number of carbonyl (C=O) groups excluding carboxylic acids is 1. The van der Waals surface area contributed by atoms with Crippen molar-refractivity contribution in [3.8, 4) is 0 Å². The quantitative estimate of drug-likeness (QED) is 0.213. The van der Waals surface area contributed by atoms with Gasteiger partial charge in [0.1, 0.15) is 0 Å². The van der Waals surface area contributed by atoms with Crippen molar-refractivity contribution in [3.63, 3.8) is 0 Å². The number of hydrogen-bond acceptors (Lipinski definition) is 6. The number of aliphatic hydroxyl groups excluding tert-OH is 1. The average Bonchev–Trinajstić information content (AvgIpc) is 2.97. The lowest BCUT2D eigenvalue weighted by molar-refractivity contribution is -0.252. The van der Waals surface area contributed by atoms with Crippen molar-refractivity contribution < 1.29 is 29.3 Å². The number of hydrogen-bond donors (Lipinski definition) is 3. The summed E-state index contributed by atoms with van der Waals surface area (Å²) in [6.45, 7) is 1.52. The molecule has 218 valence electrons. The van der Waals surface area contributed by atoms with Gasteiger partial charge in [-0.1, -0.05) is 73.2 Å². The molecule has 1 aliphatic heterocycles. The van der Waals surface area contributed by atoms with Crippen LogP contribution in [0.15, 0.2) is 78.9 Å². The van der Waals surface area contributed by atoms with Crippen molar-refractivity contribution in [2.75, 3.05) is 18.9 Å². The number of likely N-dealkylation sites (N-methyl/N-ethyl adjacent to an activating group) is 1. The molecule has 3 unspecified atom stereocenters. The Morgan fingerprint density at radius 2 is 1.63 bits per heavy atom. The summed E-state index contributed by atoms with van der Waals surface area (Å²) in [6.07, 6.45) is 2.16. The number of carboxylic acids is 1. The summed E-state index contributed by atoms with van der Waals surface area (Å²) >= 11 is 0. The van der Waals surface area contributed by atoms with Crippen LogP contribution in [0.2, 0.25) is 0 Å². The third-order valence-electron chi connectivity index (χ3n) is 7.16. The lowest BCUT2D eigenvalue weighted by Crippen LogP contribution is -2.37. The van der Waals surface area contributed by atoms with Gasteiger partial charge in [-0.3, -0.25) is 14.5 Å². The standard InChI is InChI=1S/C33H40N2O6/c1-35(21-24-9-4-2-5-10-24)22-29-20-30(26-17-15-25(23-36)16-18-26)41-33(40-29)27-11-8-12-28(19-27)34-31(37)13-6-3-7-14-32(38)39/h2,4-5,8-12,15-19,29-30,33,36H,3,6-7,13-14,20-23H2,1H3,(H,34,37)(H,38,39). The maximum absolute atomic E-state index is 12.5. The SMILES string of the molecule is CN(Cc1ccccc1)CC1CC(c2ccc(CO)cc2)OC(c2cccc(NC(=O)CCCCCC(=O)O)c2)O1. The van der Waals surface area contributed by atoms with Crippen molar-refractivity contribution in [3.05, 3.63) is 101 Å². The van der Waals surface area contributed by atoms with E-state index in [2.05, 4.69) is 29.4 Å². The van der Waals surface area contributed by atoms with Crippen LogP contribution in [0, 0.1) is 0 Å². The van der Waals surface area contributed by atoms with Gasteiger partial charge in [0, 0.05) is 43.6 Å². The minimum absolute atomic E-state index is 0.00864. The van der Waals surface area contributed by atoms with Crippen LogP contribution in [0.3, 0.4) is 0 Å². The van der Waals surface area contributed by atoms with Crippen molar-refractivity contribution in [1.29, 1.82) is 0 Å². The van der Waals surface area contributed by atoms with Crippen LogP contribution in [0.25, 0.3) is 0 Å². The number of aliphatic hydroxyl groups is 1. The predicted molar refractivity (Wildman–Crippen MR) is 157 cm³/mol. The fraction of sp³-hybridized carbons (Fsp3) is 0.394. The Bertz CT molecular complexity index is 1250. The number of aliphatic carboxylic acids is 1. The number of carbonyl (C=O) groups is 2. The van der Waals surface area contributed by atoms with Crippen LogP contribution in [0.1, 0.15) is 73.2 Å². The average molecular weight is 561 g/mol. The largest absolute Gasteiger partial charge is 0.481 e. The molecule has 3 N–H and O–H groups in total. The first-order chi connectivity index (χ1) is 19.9. The molecule has 1 saturated heterocycles. The first-order valence-corrected chi connectivity index (χ1v) is 14.2. The van der Waals surface area contributed by atoms with Crippen molar-refractivity contribution in [1.82, 2.24) is 4.90 Å². The van der Waals surface area contributed by atoms with E-state index in [1.165, 1.54) is 5.56 Å². The molecule has 0 saturated carbocycles. The summed E-state index contributed by atoms with van der Waals surface area (Å²) in [4.78, 5) is 25.4. The highest BCUT2D eigenvalue weighted by molar-refractivity contribution is 5.90. The number of rotatable bonds is 14. The Hall–Kier alpha value is -3.56. The number of benzene rings is 3. The molecule has 3 atom stereocenters. The number of anilines is 1. The highest BCUT2D eigenvalue weighted by atomic mass is 16.7. The van der Waals surface area contributed by atoms with E-state index in [0.29, 0.717) is 37.8 Å². The topological polar surface area (TPSA) is 108 Å². The lowest BCUT2D eigenvalue weighted by Gasteiger charge is -2.38. The van der Waals surface area contributed by atoms with Gasteiger partial charge in [-0.2, -0.15) is 0 Å². The molecule has 0 aromatic heterocycles. The van der Waals surface area contributed by atoms with E-state index in [0.717, 1.165) is 29.8 Å². The normalized spacial score (nSPS) is 18.8. The monoisotopic (exact) mass is 560 g/mol. The number of nitrogens with zero attached hydrogens (tertiary/aromatic N) is 1. The smallest absolute Gasteiger partial charge is 0.303 e. The minimum atomic E-state index is -0.812. The van der Waals surface area contributed by atoms with Gasteiger partial charge in [-0.25, -0.2) is 0 Å². The van der Waals surface area contributed by atoms with Crippen LogP contribution < -0.4 is 5.32 Å². The summed E-state index contributed by atoms with van der Waals surface area (Å²) in [5.74, 6) is -0.918. The Labute approximate surface area is 241 Å². The van der Waals surface area contributed by atoms with Crippen LogP contribution in [0.5, 0.6) is 0 Å². The van der Waals surface area contributed by atoms with Gasteiger partial charge in [0.05, 0.1) is 18.8 Å². The molecule has 1 heterocycles. The van der Waals surface area contributed by atoms with Gasteiger partial charge in [-0.15, -0.1) is 0 Å². The number of ether oxygens (including phenoxy) is 2. The van der Waals surface area contributed by atoms with Crippen LogP contribution in [-0.4, -0.2) is 46.7 Å². The molecule has 1 fully saturated rings. The maximum atomic E-state index is 12.5. The molecular formula is C33H40N2O6. The Balaban J connectivity index is 1.43. The molecule has 3 aromatic carbocycles. The third kappa shape index (κ3) is 9.79. The van der Waals surface area contributed by atoms with Crippen molar-refractivity contribution >= 4 is 17.6 Å². The van der Waals surface area contributed by atoms with Gasteiger partial charge in [0.15, 0.2) is 6.29 Å². The van der Waals surface area contributed by atoms with Gasteiger partial charge in [0.2, 0.25) is 5.91 Å². The number of nitrogens with one attached hydrogen (secondary N) is 1. The molecule has 1 amide bonds. The Morgan fingerprint density at radius 3 is 2.37 bits per heavy atom. The Kier molecular flexibility index (Phi) is 11.5. The zero-order valence-electron chi connectivity index (χ0n) is 23.6. The van der Waals surface area contributed by atoms with Crippen LogP contribution in [0.4, 0.5) is 5.69 Å². The number of carboxylic acid groups (broad SMARTS) is 1. The summed E-state index contributed by atoms with van der Waals surface area (Å²) in [7, 11) is 2.09. The summed E-state index contributed by atoms with van der Waals surface area (Å²) in [5, 5.41) is 21.2. The molecule has 3 aromatic rings. The molecule has 0 radical (unpaired) electrons. The zero-order valence-corrected chi connectivity index (χ0v) is 23.6. The van der Waals surface area contributed by atoms with Crippen LogP contribution in [-0.2, 0) is 32.2 Å². The predicted octanol–water partition coefficient (Wildman–Crippen LogP) is 5.83. The van der Waals surface area contributed by atoms with Crippen LogP contribution >= 0.6 is 0 Å². The third-order valence-corrected chi connectivity index (χ3v) is 7.16. The molecular weight excluding hydrogens is 520 g/mol. The maximum Gasteiger partial charge on any atom is 0.303 e. The summed E-state index contributed by atoms with van der Waals surface area (Å²) < 4.78 is 13.0. The highest BCUT2D eigenvalue weighted by Gasteiger charge is 2.33. The second-order valence-electron chi connectivity index (χ2n) is 10.7. The molecule has 8 heteroatoms. The van der Waals surface area contributed by atoms with E-state index in [1.807, 2.05) is 66.7 Å². The van der Waals surface area contributed by atoms with E-state index in [4.69, 9.17) is 14.6 Å². The minimum Gasteiger partial charge on any atom is -0.481 e. The van der Waals surface area contributed by atoms with Crippen molar-refractivity contribution in [2.24, 2.45) is 0 Å². The van der Waals surface area contributed by atoms with Gasteiger partial charge < -0.3 is 25.0 Å². The zero-order chi connectivity index (χ0) is 29.0. The molecule has 1 aliphatic rings. The highest BCUT2D eigenvalue weighted by Crippen LogP contribution is 2.38. The molecule has 8 nitrogen and oxygen atoms in total. The molecule has 4 rings (SSSR count). The lowest BCUT2D eigenvalue weighted by atomic mass is 9.99. The number of unbranched alkanes of at least 4 members (excludes halogenated alkanes) is 2. The van der Waals surface area contributed by atoms with E-state index in [-0.39, 0.29) is 31.1 Å². The van der Waals surface area contributed by atoms with Gasteiger partial charge in [0.25, 0.3) is 0 Å². The molecule has 41 heavy (non-hydrogen) atoms. The van der Waals surface area contributed by atoms with Gasteiger partial charge in [-0.05, 0) is 48.7 Å². The molecule has 0 bridgehead atoms. The second kappa shape index (κ2) is 15.4. The molecule has 0 spiro atoms. The summed E-state index contributed by atoms with van der Waals surface area (Å²) in [6, 6.07) is 25.7. The van der Waals surface area contributed by atoms with Gasteiger partial charge >= 0.3 is 5.97 Å². The van der Waals surface area contributed by atoms with Crippen molar-refractivity contribution in [2.45, 2.75) is 70.2 Å². The fourth-order valence-electron chi connectivity index (χ4n) is 5.07. The van der Waals surface area contributed by atoms with E-state index < -0.39 is 12.3 Å². The van der Waals surface area contributed by atoms with E-state index >= 15 is 0 Å². The fourth-order valence-corrected chi connectivity index (χ4v) is 5.07. The number of amides is 1. The van der Waals surface area contributed by atoms with E-state index in [9.17, 15) is 14.7 Å². The Morgan fingerprint density at radius 1 is 0.878 bits per heavy atom. The summed E-state index contributed by atoms with van der Waals surface area (Å²) in [5.41, 5.74) is 4.59. The van der Waals surface area contributed by atoms with E-state index in [1.54, 1.807) is 0 Å². The second-order valence-corrected chi connectivity index (χ2v) is 10.7. The first kappa shape index (κ1) is 30.4. The molecule has 0 aliphatic carbocycles. The first-order valence-electron chi connectivity index (χ1n) is 14.2.